The molecule has 138 valence electrons. The fourth-order valence-electron chi connectivity index (χ4n) is 2.41. The second-order valence-corrected chi connectivity index (χ2v) is 7.22. The Balaban J connectivity index is 2.37. The summed E-state index contributed by atoms with van der Waals surface area (Å²) < 4.78 is 5.30. The van der Waals surface area contributed by atoms with Crippen LogP contribution in [0.4, 0.5) is 4.79 Å². The maximum absolute atomic E-state index is 12.2. The molecule has 2 rings (SSSR count). The second kappa shape index (κ2) is 8.19. The standard InChI is InChI=1S/C19H21ClN2O4/c1-19(2,3)26-18(25)22-15(9-12-7-5-4-6-8-12)16-14(17(23)24)10-13(20)11-21-16/h4-8,10-11,15H,9H2,1-3H3,(H,22,25)(H,23,24). The highest BCUT2D eigenvalue weighted by molar-refractivity contribution is 6.30. The lowest BCUT2D eigenvalue weighted by atomic mass is 9.99. The van der Waals surface area contributed by atoms with E-state index < -0.39 is 23.7 Å². The molecule has 26 heavy (non-hydrogen) atoms. The molecule has 0 fully saturated rings. The summed E-state index contributed by atoms with van der Waals surface area (Å²) in [7, 11) is 0. The number of carbonyl (C=O) groups is 2. The number of carbonyl (C=O) groups excluding carboxylic acids is 1. The summed E-state index contributed by atoms with van der Waals surface area (Å²) in [6, 6.07) is 10.0. The summed E-state index contributed by atoms with van der Waals surface area (Å²) in [6.07, 6.45) is 1.07. The first-order chi connectivity index (χ1) is 12.2. The molecule has 0 spiro atoms. The van der Waals surface area contributed by atoms with Gasteiger partial charge in [-0.25, -0.2) is 9.59 Å². The number of rotatable bonds is 5. The number of pyridine rings is 1. The van der Waals surface area contributed by atoms with Crippen molar-refractivity contribution in [2.24, 2.45) is 0 Å². The third-order valence-corrected chi connectivity index (χ3v) is 3.63. The monoisotopic (exact) mass is 376 g/mol. The van der Waals surface area contributed by atoms with Gasteiger partial charge in [0.1, 0.15) is 5.60 Å². The van der Waals surface area contributed by atoms with Crippen molar-refractivity contribution in [2.75, 3.05) is 0 Å². The summed E-state index contributed by atoms with van der Waals surface area (Å²) in [5.41, 5.74) is 0.400. The minimum atomic E-state index is -1.17. The Labute approximate surface area is 157 Å². The van der Waals surface area contributed by atoms with Gasteiger partial charge in [0.15, 0.2) is 0 Å². The Kier molecular flexibility index (Phi) is 6.21. The van der Waals surface area contributed by atoms with Gasteiger partial charge in [0.05, 0.1) is 22.3 Å². The molecule has 2 N–H and O–H groups in total. The van der Waals surface area contributed by atoms with Crippen molar-refractivity contribution in [1.29, 1.82) is 0 Å². The van der Waals surface area contributed by atoms with Crippen LogP contribution in [0.25, 0.3) is 0 Å². The lowest BCUT2D eigenvalue weighted by molar-refractivity contribution is 0.0498. The third-order valence-electron chi connectivity index (χ3n) is 3.42. The minimum Gasteiger partial charge on any atom is -0.478 e. The molecule has 7 heteroatoms. The summed E-state index contributed by atoms with van der Waals surface area (Å²) in [6.45, 7) is 5.26. The van der Waals surface area contributed by atoms with Crippen molar-refractivity contribution in [3.05, 3.63) is 64.4 Å². The van der Waals surface area contributed by atoms with Crippen LogP contribution in [0, 0.1) is 0 Å². The average molecular weight is 377 g/mol. The maximum Gasteiger partial charge on any atom is 0.408 e. The quantitative estimate of drug-likeness (QED) is 0.814. The number of carboxylic acid groups (broad SMARTS) is 1. The first-order valence-corrected chi connectivity index (χ1v) is 8.45. The molecule has 1 aromatic heterocycles. The number of nitrogens with zero attached hydrogens (tertiary/aromatic N) is 1. The van der Waals surface area contributed by atoms with Gasteiger partial charge in [0.25, 0.3) is 0 Å². The van der Waals surface area contributed by atoms with Crippen LogP contribution in [0.2, 0.25) is 5.02 Å². The normalized spacial score (nSPS) is 12.3. The van der Waals surface area contributed by atoms with Gasteiger partial charge in [-0.1, -0.05) is 41.9 Å². The van der Waals surface area contributed by atoms with E-state index in [0.29, 0.717) is 6.42 Å². The molecule has 1 amide bonds. The van der Waals surface area contributed by atoms with Gasteiger partial charge in [0, 0.05) is 6.20 Å². The lowest BCUT2D eigenvalue weighted by Crippen LogP contribution is -2.36. The number of benzene rings is 1. The largest absolute Gasteiger partial charge is 0.478 e. The van der Waals surface area contributed by atoms with Crippen LogP contribution in [-0.2, 0) is 11.2 Å². The number of ether oxygens (including phenoxy) is 1. The topological polar surface area (TPSA) is 88.5 Å². The van der Waals surface area contributed by atoms with E-state index >= 15 is 0 Å². The number of carboxylic acids is 1. The van der Waals surface area contributed by atoms with Crippen LogP contribution in [0.1, 0.15) is 48.4 Å². The van der Waals surface area contributed by atoms with Crippen molar-refractivity contribution >= 4 is 23.7 Å². The number of amides is 1. The van der Waals surface area contributed by atoms with E-state index in [4.69, 9.17) is 16.3 Å². The van der Waals surface area contributed by atoms with E-state index in [1.165, 1.54) is 12.3 Å². The minimum absolute atomic E-state index is 0.0607. The Morgan fingerprint density at radius 1 is 1.27 bits per heavy atom. The second-order valence-electron chi connectivity index (χ2n) is 6.78. The number of nitrogens with one attached hydrogen (secondary N) is 1. The van der Waals surface area contributed by atoms with Crippen molar-refractivity contribution in [3.63, 3.8) is 0 Å². The predicted molar refractivity (Wildman–Crippen MR) is 98.5 cm³/mol. The van der Waals surface area contributed by atoms with Gasteiger partial charge in [0.2, 0.25) is 0 Å². The Hall–Kier alpha value is -2.60. The van der Waals surface area contributed by atoms with Crippen LogP contribution in [0.3, 0.4) is 0 Å². The van der Waals surface area contributed by atoms with Gasteiger partial charge in [-0.15, -0.1) is 0 Å². The van der Waals surface area contributed by atoms with Gasteiger partial charge in [-0.3, -0.25) is 4.98 Å². The molecular formula is C19H21ClN2O4. The molecule has 0 aliphatic rings. The molecule has 1 heterocycles. The number of hydrogen-bond acceptors (Lipinski definition) is 4. The molecule has 0 radical (unpaired) electrons. The number of aromatic nitrogens is 1. The maximum atomic E-state index is 12.2. The van der Waals surface area contributed by atoms with Crippen LogP contribution in [0.15, 0.2) is 42.6 Å². The summed E-state index contributed by atoms with van der Waals surface area (Å²) >= 11 is 5.88. The number of aromatic carboxylic acids is 1. The molecule has 6 nitrogen and oxygen atoms in total. The zero-order chi connectivity index (χ0) is 19.3. The van der Waals surface area contributed by atoms with E-state index in [1.54, 1.807) is 20.8 Å². The molecule has 2 aromatic rings. The molecule has 1 atom stereocenters. The van der Waals surface area contributed by atoms with E-state index in [1.807, 2.05) is 30.3 Å². The third kappa shape index (κ3) is 5.74. The summed E-state index contributed by atoms with van der Waals surface area (Å²) in [4.78, 5) is 28.0. The molecule has 0 aliphatic carbocycles. The number of halogens is 1. The van der Waals surface area contributed by atoms with Crippen LogP contribution in [0.5, 0.6) is 0 Å². The number of hydrogen-bond donors (Lipinski definition) is 2. The van der Waals surface area contributed by atoms with Crippen LogP contribution >= 0.6 is 11.6 Å². The fourth-order valence-corrected chi connectivity index (χ4v) is 2.57. The van der Waals surface area contributed by atoms with Crippen LogP contribution < -0.4 is 5.32 Å². The van der Waals surface area contributed by atoms with Crippen molar-refractivity contribution < 1.29 is 19.4 Å². The highest BCUT2D eigenvalue weighted by atomic mass is 35.5. The zero-order valence-electron chi connectivity index (χ0n) is 14.8. The van der Waals surface area contributed by atoms with Gasteiger partial charge >= 0.3 is 12.1 Å². The first-order valence-electron chi connectivity index (χ1n) is 8.08. The first kappa shape index (κ1) is 19.7. The van der Waals surface area contributed by atoms with E-state index in [9.17, 15) is 14.7 Å². The molecule has 0 saturated heterocycles. The molecule has 0 bridgehead atoms. The zero-order valence-corrected chi connectivity index (χ0v) is 15.6. The average Bonchev–Trinajstić information content (AvgIpc) is 2.53. The molecule has 1 aromatic carbocycles. The molecule has 0 aliphatic heterocycles. The van der Waals surface area contributed by atoms with Gasteiger partial charge in [-0.05, 0) is 38.8 Å². The van der Waals surface area contributed by atoms with Crippen LogP contribution in [-0.4, -0.2) is 27.8 Å². The van der Waals surface area contributed by atoms with Crippen molar-refractivity contribution in [2.45, 2.75) is 38.8 Å². The Bertz CT molecular complexity index is 788. The smallest absolute Gasteiger partial charge is 0.408 e. The summed E-state index contributed by atoms with van der Waals surface area (Å²) in [5.74, 6) is -1.17. The Morgan fingerprint density at radius 3 is 2.50 bits per heavy atom. The Morgan fingerprint density at radius 2 is 1.92 bits per heavy atom. The number of alkyl carbamates (subject to hydrolysis) is 1. The molecule has 0 saturated carbocycles. The highest BCUT2D eigenvalue weighted by Crippen LogP contribution is 2.23. The SMILES string of the molecule is CC(C)(C)OC(=O)NC(Cc1ccccc1)c1ncc(Cl)cc1C(=O)O. The predicted octanol–water partition coefficient (Wildman–Crippen LogP) is 4.24. The fraction of sp³-hybridized carbons (Fsp3) is 0.316. The summed E-state index contributed by atoms with van der Waals surface area (Å²) in [5, 5.41) is 12.4. The van der Waals surface area contributed by atoms with Crippen molar-refractivity contribution in [1.82, 2.24) is 10.3 Å². The lowest BCUT2D eigenvalue weighted by Gasteiger charge is -2.24. The molecule has 1 unspecified atom stereocenters. The van der Waals surface area contributed by atoms with Gasteiger partial charge in [-0.2, -0.15) is 0 Å². The van der Waals surface area contributed by atoms with E-state index in [0.717, 1.165) is 5.56 Å². The van der Waals surface area contributed by atoms with E-state index in [-0.39, 0.29) is 16.3 Å². The molecular weight excluding hydrogens is 356 g/mol. The highest BCUT2D eigenvalue weighted by Gasteiger charge is 2.25. The van der Waals surface area contributed by atoms with Crippen molar-refractivity contribution in [3.8, 4) is 0 Å². The van der Waals surface area contributed by atoms with E-state index in [2.05, 4.69) is 10.3 Å². The van der Waals surface area contributed by atoms with Gasteiger partial charge < -0.3 is 15.2 Å².